The highest BCUT2D eigenvalue weighted by atomic mass is 16.5. The van der Waals surface area contributed by atoms with Crippen LogP contribution in [0.5, 0.6) is 11.5 Å². The number of nitrogens with one attached hydrogen (secondary N) is 2. The number of nitrogens with zero attached hydrogens (tertiary/aromatic N) is 2. The van der Waals surface area contributed by atoms with E-state index >= 15 is 0 Å². The van der Waals surface area contributed by atoms with Crippen molar-refractivity contribution >= 4 is 23.2 Å². The van der Waals surface area contributed by atoms with Crippen molar-refractivity contribution in [1.82, 2.24) is 9.80 Å². The molecular formula is C23H30N4O4. The molecule has 1 saturated heterocycles. The molecule has 1 heterocycles. The van der Waals surface area contributed by atoms with Crippen molar-refractivity contribution in [3.63, 3.8) is 0 Å². The Morgan fingerprint density at radius 1 is 1.03 bits per heavy atom. The lowest BCUT2D eigenvalue weighted by molar-refractivity contribution is -0.118. The largest absolute Gasteiger partial charge is 0.497 e. The lowest BCUT2D eigenvalue weighted by Gasteiger charge is -2.39. The number of carbonyl (C=O) groups is 2. The van der Waals surface area contributed by atoms with E-state index in [2.05, 4.69) is 33.5 Å². The molecule has 2 aromatic carbocycles. The monoisotopic (exact) mass is 426 g/mol. The van der Waals surface area contributed by atoms with Crippen molar-refractivity contribution in [2.24, 2.45) is 0 Å². The number of hydrogen-bond acceptors (Lipinski definition) is 6. The van der Waals surface area contributed by atoms with E-state index in [4.69, 9.17) is 9.47 Å². The maximum absolute atomic E-state index is 12.8. The van der Waals surface area contributed by atoms with Gasteiger partial charge in [-0.2, -0.15) is 0 Å². The Morgan fingerprint density at radius 2 is 1.81 bits per heavy atom. The summed E-state index contributed by atoms with van der Waals surface area (Å²) >= 11 is 0. The topological polar surface area (TPSA) is 83.1 Å². The third-order valence-electron chi connectivity index (χ3n) is 5.41. The standard InChI is InChI=1S/C23H30N4O4/c1-16(28)24-19-10-9-17(30-3)13-20(19)25-23(29)15-27-12-11-26(2)21(14-27)18-7-5-6-8-22(18)31-4/h5-10,13,21H,11-12,14-15H2,1-4H3,(H,24,28)(H,25,29)/t21-/m1/s1. The van der Waals surface area contributed by atoms with Crippen LogP contribution in [0.15, 0.2) is 42.5 Å². The maximum atomic E-state index is 12.8. The molecule has 2 N–H and O–H groups in total. The maximum Gasteiger partial charge on any atom is 0.238 e. The normalized spacial score (nSPS) is 17.1. The third-order valence-corrected chi connectivity index (χ3v) is 5.41. The molecule has 2 amide bonds. The molecule has 0 aliphatic carbocycles. The molecule has 1 aliphatic rings. The average molecular weight is 427 g/mol. The molecule has 1 fully saturated rings. The molecule has 166 valence electrons. The van der Waals surface area contributed by atoms with Crippen molar-refractivity contribution in [3.05, 3.63) is 48.0 Å². The van der Waals surface area contributed by atoms with Crippen LogP contribution in [0.1, 0.15) is 18.5 Å². The van der Waals surface area contributed by atoms with Gasteiger partial charge >= 0.3 is 0 Å². The molecule has 3 rings (SSSR count). The summed E-state index contributed by atoms with van der Waals surface area (Å²) in [6.07, 6.45) is 0. The summed E-state index contributed by atoms with van der Waals surface area (Å²) in [5.41, 5.74) is 2.15. The molecule has 0 saturated carbocycles. The molecule has 31 heavy (non-hydrogen) atoms. The fourth-order valence-corrected chi connectivity index (χ4v) is 3.80. The van der Waals surface area contributed by atoms with Gasteiger partial charge in [0.25, 0.3) is 0 Å². The van der Waals surface area contributed by atoms with Gasteiger partial charge in [-0.3, -0.25) is 19.4 Å². The van der Waals surface area contributed by atoms with Gasteiger partial charge in [-0.15, -0.1) is 0 Å². The van der Waals surface area contributed by atoms with Crippen molar-refractivity contribution in [3.8, 4) is 11.5 Å². The quantitative estimate of drug-likeness (QED) is 0.708. The van der Waals surface area contributed by atoms with Crippen LogP contribution in [0.25, 0.3) is 0 Å². The molecule has 8 nitrogen and oxygen atoms in total. The summed E-state index contributed by atoms with van der Waals surface area (Å²) in [6, 6.07) is 13.3. The Balaban J connectivity index is 1.70. The minimum atomic E-state index is -0.209. The zero-order valence-electron chi connectivity index (χ0n) is 18.5. The Bertz CT molecular complexity index is 934. The van der Waals surface area contributed by atoms with Crippen molar-refractivity contribution in [2.45, 2.75) is 13.0 Å². The van der Waals surface area contributed by atoms with Crippen LogP contribution in [-0.4, -0.2) is 69.1 Å². The number of likely N-dealkylation sites (N-methyl/N-ethyl adjacent to an activating group) is 1. The fraction of sp³-hybridized carbons (Fsp3) is 0.391. The summed E-state index contributed by atoms with van der Waals surface area (Å²) < 4.78 is 10.8. The molecule has 8 heteroatoms. The summed E-state index contributed by atoms with van der Waals surface area (Å²) in [4.78, 5) is 28.7. The molecule has 0 unspecified atom stereocenters. The van der Waals surface area contributed by atoms with E-state index < -0.39 is 0 Å². The van der Waals surface area contributed by atoms with E-state index in [-0.39, 0.29) is 24.4 Å². The third kappa shape index (κ3) is 5.74. The Morgan fingerprint density at radius 3 is 2.52 bits per heavy atom. The highest BCUT2D eigenvalue weighted by molar-refractivity contribution is 5.99. The SMILES string of the molecule is COc1ccc(NC(C)=O)c(NC(=O)CN2CCN(C)[C@@H](c3ccccc3OC)C2)c1. The number of benzene rings is 2. The lowest BCUT2D eigenvalue weighted by Crippen LogP contribution is -2.49. The van der Waals surface area contributed by atoms with Crippen LogP contribution in [-0.2, 0) is 9.59 Å². The smallest absolute Gasteiger partial charge is 0.238 e. The van der Waals surface area contributed by atoms with Gasteiger partial charge in [-0.25, -0.2) is 0 Å². The van der Waals surface area contributed by atoms with E-state index in [0.29, 0.717) is 23.7 Å². The molecule has 0 bridgehead atoms. The van der Waals surface area contributed by atoms with Gasteiger partial charge < -0.3 is 20.1 Å². The first kappa shape index (κ1) is 22.6. The van der Waals surface area contributed by atoms with Gasteiger partial charge in [0.05, 0.1) is 38.2 Å². The van der Waals surface area contributed by atoms with Crippen LogP contribution >= 0.6 is 0 Å². The highest BCUT2D eigenvalue weighted by Gasteiger charge is 2.28. The molecule has 0 aromatic heterocycles. The second-order valence-corrected chi connectivity index (χ2v) is 7.61. The van der Waals surface area contributed by atoms with E-state index in [0.717, 1.165) is 24.4 Å². The first-order valence-corrected chi connectivity index (χ1v) is 10.2. The number of hydrogen-bond donors (Lipinski definition) is 2. The Hall–Kier alpha value is -3.10. The van der Waals surface area contributed by atoms with Crippen LogP contribution in [0, 0.1) is 0 Å². The summed E-state index contributed by atoms with van der Waals surface area (Å²) in [7, 11) is 5.32. The molecule has 1 atom stereocenters. The van der Waals surface area contributed by atoms with E-state index in [1.807, 2.05) is 18.2 Å². The molecule has 1 aliphatic heterocycles. The van der Waals surface area contributed by atoms with Gasteiger partial charge in [0.2, 0.25) is 11.8 Å². The number of carbonyl (C=O) groups excluding carboxylic acids is 2. The van der Waals surface area contributed by atoms with Crippen LogP contribution in [0.4, 0.5) is 11.4 Å². The molecular weight excluding hydrogens is 396 g/mol. The summed E-state index contributed by atoms with van der Waals surface area (Å²) in [5, 5.41) is 5.65. The Kier molecular flexibility index (Phi) is 7.49. The van der Waals surface area contributed by atoms with E-state index in [1.54, 1.807) is 32.4 Å². The number of anilines is 2. The van der Waals surface area contributed by atoms with Gasteiger partial charge in [-0.1, -0.05) is 18.2 Å². The number of ether oxygens (including phenoxy) is 2. The molecule has 0 spiro atoms. The predicted molar refractivity (Wildman–Crippen MR) is 121 cm³/mol. The van der Waals surface area contributed by atoms with Gasteiger partial charge in [-0.05, 0) is 25.2 Å². The summed E-state index contributed by atoms with van der Waals surface area (Å²) in [6.45, 7) is 4.01. The van der Waals surface area contributed by atoms with Crippen molar-refractivity contribution < 1.29 is 19.1 Å². The number of rotatable bonds is 7. The van der Waals surface area contributed by atoms with Crippen LogP contribution in [0.2, 0.25) is 0 Å². The fourth-order valence-electron chi connectivity index (χ4n) is 3.80. The van der Waals surface area contributed by atoms with Crippen LogP contribution in [0.3, 0.4) is 0 Å². The second kappa shape index (κ2) is 10.3. The van der Waals surface area contributed by atoms with E-state index in [1.165, 1.54) is 6.92 Å². The highest BCUT2D eigenvalue weighted by Crippen LogP contribution is 2.31. The molecule has 0 radical (unpaired) electrons. The van der Waals surface area contributed by atoms with Crippen molar-refractivity contribution in [1.29, 1.82) is 0 Å². The number of amides is 2. The molecule has 2 aromatic rings. The number of piperazine rings is 1. The minimum absolute atomic E-state index is 0.129. The predicted octanol–water partition coefficient (Wildman–Crippen LogP) is 2.59. The van der Waals surface area contributed by atoms with Gasteiger partial charge in [0, 0.05) is 38.2 Å². The lowest BCUT2D eigenvalue weighted by atomic mass is 10.0. The van der Waals surface area contributed by atoms with Gasteiger partial charge in [0.15, 0.2) is 0 Å². The second-order valence-electron chi connectivity index (χ2n) is 7.61. The average Bonchev–Trinajstić information content (AvgIpc) is 2.76. The number of methoxy groups -OCH3 is 2. The summed E-state index contributed by atoms with van der Waals surface area (Å²) in [5.74, 6) is 1.09. The van der Waals surface area contributed by atoms with Crippen LogP contribution < -0.4 is 20.1 Å². The first-order chi connectivity index (χ1) is 14.9. The number of para-hydroxylation sites is 1. The van der Waals surface area contributed by atoms with Crippen molar-refractivity contribution in [2.75, 3.05) is 58.1 Å². The zero-order valence-corrected chi connectivity index (χ0v) is 18.5. The Labute approximate surface area is 183 Å². The minimum Gasteiger partial charge on any atom is -0.497 e. The first-order valence-electron chi connectivity index (χ1n) is 10.2. The zero-order chi connectivity index (χ0) is 22.4. The van der Waals surface area contributed by atoms with Gasteiger partial charge in [0.1, 0.15) is 11.5 Å². The van der Waals surface area contributed by atoms with E-state index in [9.17, 15) is 9.59 Å².